The number of benzene rings is 2. The third kappa shape index (κ3) is 2.98. The second-order valence-electron chi connectivity index (χ2n) is 6.70. The fraction of sp³-hybridized carbons (Fsp3) is 0.0455. The van der Waals surface area contributed by atoms with Crippen molar-refractivity contribution in [3.05, 3.63) is 99.9 Å². The third-order valence-corrected chi connectivity index (χ3v) is 5.29. The van der Waals surface area contributed by atoms with Gasteiger partial charge in [-0.25, -0.2) is 13.9 Å². The minimum absolute atomic E-state index is 0.171. The summed E-state index contributed by atoms with van der Waals surface area (Å²) in [4.78, 5) is 17.5. The SMILES string of the molecule is O=c1c2cnc3c(-c4ccc(F)cc4)cnn3c2ccn1Cc1ccccc1Cl. The number of halogens is 2. The van der Waals surface area contributed by atoms with Crippen LogP contribution in [0, 0.1) is 5.82 Å². The van der Waals surface area contributed by atoms with E-state index in [0.29, 0.717) is 28.1 Å². The Morgan fingerprint density at radius 2 is 1.79 bits per heavy atom. The van der Waals surface area contributed by atoms with E-state index in [1.165, 1.54) is 12.1 Å². The first-order valence-electron chi connectivity index (χ1n) is 8.97. The number of aromatic nitrogens is 4. The zero-order valence-corrected chi connectivity index (χ0v) is 15.8. The molecule has 0 N–H and O–H groups in total. The molecule has 3 heterocycles. The molecule has 0 fully saturated rings. The number of hydrogen-bond donors (Lipinski definition) is 0. The summed E-state index contributed by atoms with van der Waals surface area (Å²) in [6.45, 7) is 0.367. The fourth-order valence-electron chi connectivity index (χ4n) is 3.42. The van der Waals surface area contributed by atoms with Crippen LogP contribution in [0.4, 0.5) is 4.39 Å². The van der Waals surface area contributed by atoms with Crippen LogP contribution in [-0.4, -0.2) is 19.2 Å². The van der Waals surface area contributed by atoms with Gasteiger partial charge in [-0.1, -0.05) is 41.9 Å². The van der Waals surface area contributed by atoms with Crippen LogP contribution in [0.1, 0.15) is 5.56 Å². The maximum Gasteiger partial charge on any atom is 0.261 e. The van der Waals surface area contributed by atoms with Gasteiger partial charge in [0, 0.05) is 23.0 Å². The van der Waals surface area contributed by atoms with E-state index in [1.54, 1.807) is 45.9 Å². The van der Waals surface area contributed by atoms with Crippen LogP contribution in [-0.2, 0) is 6.54 Å². The molecule has 0 aliphatic carbocycles. The van der Waals surface area contributed by atoms with Gasteiger partial charge in [0.25, 0.3) is 5.56 Å². The third-order valence-electron chi connectivity index (χ3n) is 4.92. The molecule has 0 atom stereocenters. The zero-order valence-electron chi connectivity index (χ0n) is 15.1. The molecule has 2 aromatic carbocycles. The summed E-state index contributed by atoms with van der Waals surface area (Å²) in [5.41, 5.74) is 3.53. The lowest BCUT2D eigenvalue weighted by Gasteiger charge is -2.09. The standard InChI is InChI=1S/C22H14ClFN4O/c23-19-4-2-1-3-15(19)13-27-10-9-20-18(22(27)29)11-25-21-17(12-26-28(20)21)14-5-7-16(24)8-6-14/h1-12H,13H2. The molecule has 0 amide bonds. The van der Waals surface area contributed by atoms with Gasteiger partial charge >= 0.3 is 0 Å². The molecule has 142 valence electrons. The summed E-state index contributed by atoms with van der Waals surface area (Å²) in [5.74, 6) is -0.303. The molecule has 5 aromatic rings. The molecule has 5 nitrogen and oxygen atoms in total. The first-order chi connectivity index (χ1) is 14.1. The van der Waals surface area contributed by atoms with E-state index >= 15 is 0 Å². The van der Waals surface area contributed by atoms with Crippen LogP contribution in [0.5, 0.6) is 0 Å². The lowest BCUT2D eigenvalue weighted by Crippen LogP contribution is -2.21. The van der Waals surface area contributed by atoms with E-state index in [4.69, 9.17) is 11.6 Å². The predicted molar refractivity (Wildman–Crippen MR) is 111 cm³/mol. The molecule has 5 rings (SSSR count). The van der Waals surface area contributed by atoms with Gasteiger partial charge in [0.05, 0.1) is 23.6 Å². The molecule has 0 radical (unpaired) electrons. The summed E-state index contributed by atoms with van der Waals surface area (Å²) in [6, 6.07) is 15.4. The van der Waals surface area contributed by atoms with Crippen molar-refractivity contribution in [3.8, 4) is 11.1 Å². The number of nitrogens with zero attached hydrogens (tertiary/aromatic N) is 4. The average Bonchev–Trinajstić information content (AvgIpc) is 3.16. The Morgan fingerprint density at radius 3 is 2.59 bits per heavy atom. The normalized spacial score (nSPS) is 11.4. The highest BCUT2D eigenvalue weighted by molar-refractivity contribution is 6.31. The van der Waals surface area contributed by atoms with Crippen molar-refractivity contribution in [1.82, 2.24) is 19.2 Å². The number of rotatable bonds is 3. The van der Waals surface area contributed by atoms with Gasteiger partial charge in [-0.05, 0) is 35.4 Å². The van der Waals surface area contributed by atoms with Crippen LogP contribution in [0.2, 0.25) is 5.02 Å². The van der Waals surface area contributed by atoms with Crippen molar-refractivity contribution < 1.29 is 4.39 Å². The van der Waals surface area contributed by atoms with Crippen molar-refractivity contribution >= 4 is 28.2 Å². The Labute approximate surface area is 169 Å². The Hall–Kier alpha value is -3.51. The molecule has 0 spiro atoms. The monoisotopic (exact) mass is 404 g/mol. The summed E-state index contributed by atoms with van der Waals surface area (Å²) >= 11 is 6.23. The highest BCUT2D eigenvalue weighted by Gasteiger charge is 2.13. The largest absolute Gasteiger partial charge is 0.310 e. The fourth-order valence-corrected chi connectivity index (χ4v) is 3.62. The molecule has 29 heavy (non-hydrogen) atoms. The van der Waals surface area contributed by atoms with Crippen LogP contribution in [0.15, 0.2) is 78.0 Å². The number of fused-ring (bicyclic) bond motifs is 3. The van der Waals surface area contributed by atoms with E-state index in [-0.39, 0.29) is 11.4 Å². The van der Waals surface area contributed by atoms with Crippen molar-refractivity contribution in [2.75, 3.05) is 0 Å². The van der Waals surface area contributed by atoms with Crippen molar-refractivity contribution in [2.45, 2.75) is 6.54 Å². The smallest absolute Gasteiger partial charge is 0.261 e. The van der Waals surface area contributed by atoms with Crippen LogP contribution in [0.3, 0.4) is 0 Å². The van der Waals surface area contributed by atoms with Crippen molar-refractivity contribution in [3.63, 3.8) is 0 Å². The number of pyridine rings is 1. The average molecular weight is 405 g/mol. The summed E-state index contributed by atoms with van der Waals surface area (Å²) in [5, 5.41) is 5.48. The van der Waals surface area contributed by atoms with Crippen LogP contribution in [0.25, 0.3) is 27.7 Å². The van der Waals surface area contributed by atoms with E-state index in [0.717, 1.165) is 16.7 Å². The minimum atomic E-state index is -0.303. The van der Waals surface area contributed by atoms with E-state index in [2.05, 4.69) is 10.1 Å². The van der Waals surface area contributed by atoms with E-state index in [9.17, 15) is 9.18 Å². The van der Waals surface area contributed by atoms with Gasteiger partial charge in [-0.2, -0.15) is 5.10 Å². The molecular formula is C22H14ClFN4O. The van der Waals surface area contributed by atoms with Crippen LogP contribution < -0.4 is 5.56 Å². The second-order valence-corrected chi connectivity index (χ2v) is 7.11. The molecule has 7 heteroatoms. The predicted octanol–water partition coefficient (Wildman–Crippen LogP) is 4.55. The molecule has 0 aliphatic rings. The Bertz CT molecular complexity index is 1420. The van der Waals surface area contributed by atoms with E-state index in [1.807, 2.05) is 24.3 Å². The maximum absolute atomic E-state index is 13.2. The Kier molecular flexibility index (Phi) is 4.14. The lowest BCUT2D eigenvalue weighted by molar-refractivity contribution is 0.628. The minimum Gasteiger partial charge on any atom is -0.310 e. The maximum atomic E-state index is 13.2. The van der Waals surface area contributed by atoms with Gasteiger partial charge in [0.1, 0.15) is 5.82 Å². The van der Waals surface area contributed by atoms with Gasteiger partial charge in [-0.15, -0.1) is 0 Å². The van der Waals surface area contributed by atoms with E-state index < -0.39 is 0 Å². The van der Waals surface area contributed by atoms with Gasteiger partial charge in [0.15, 0.2) is 5.65 Å². The Balaban J connectivity index is 1.64. The quantitative estimate of drug-likeness (QED) is 0.443. The molecule has 0 unspecified atom stereocenters. The second kappa shape index (κ2) is 6.83. The topological polar surface area (TPSA) is 52.2 Å². The first kappa shape index (κ1) is 17.6. The van der Waals surface area contributed by atoms with Gasteiger partial charge in [-0.3, -0.25) is 4.79 Å². The Morgan fingerprint density at radius 1 is 1.00 bits per heavy atom. The molecule has 3 aromatic heterocycles. The molecule has 0 saturated carbocycles. The molecule has 0 bridgehead atoms. The molecular weight excluding hydrogens is 391 g/mol. The summed E-state index contributed by atoms with van der Waals surface area (Å²) in [7, 11) is 0. The van der Waals surface area contributed by atoms with Crippen molar-refractivity contribution in [1.29, 1.82) is 0 Å². The highest BCUT2D eigenvalue weighted by Crippen LogP contribution is 2.25. The van der Waals surface area contributed by atoms with Crippen molar-refractivity contribution in [2.24, 2.45) is 0 Å². The van der Waals surface area contributed by atoms with Crippen LogP contribution >= 0.6 is 11.6 Å². The first-order valence-corrected chi connectivity index (χ1v) is 9.35. The highest BCUT2D eigenvalue weighted by atomic mass is 35.5. The summed E-state index contributed by atoms with van der Waals surface area (Å²) < 4.78 is 16.5. The molecule has 0 saturated heterocycles. The zero-order chi connectivity index (χ0) is 20.0. The van der Waals surface area contributed by atoms with Gasteiger partial charge in [0.2, 0.25) is 0 Å². The number of hydrogen-bond acceptors (Lipinski definition) is 3. The van der Waals surface area contributed by atoms with Gasteiger partial charge < -0.3 is 4.57 Å². The lowest BCUT2D eigenvalue weighted by atomic mass is 10.1. The summed E-state index contributed by atoms with van der Waals surface area (Å²) in [6.07, 6.45) is 4.96. The molecule has 0 aliphatic heterocycles.